The Morgan fingerprint density at radius 3 is 0.804 bits per heavy atom. The number of anilines is 2. The fourth-order valence-corrected chi connectivity index (χ4v) is 7.35. The Balaban J connectivity index is 2.12. The number of carbonyl (C=O) groups excluding carboxylic acids is 2. The third kappa shape index (κ3) is 13.6. The van der Waals surface area contributed by atoms with Crippen molar-refractivity contribution in [2.24, 2.45) is 0 Å². The number of carbonyl (C=O) groups is 2. The molecule has 0 aromatic heterocycles. The van der Waals surface area contributed by atoms with Crippen LogP contribution in [0.3, 0.4) is 0 Å². The standard InChI is InChI=1S/C49H22F40N2O6/c50-27(34(54,55)36(58,59)38(62,63)40(66,67)42(70,71)44(74,75)48(84,85)86)29(52)96-25-15-21(11-13-23(25)90-31(92)94-17-19-7-3-1-4-8-19)33(46(78,79)80,47(81,82)83)22-12-14-24(91-32(93)95-18-20-9-5-2-6-10-20)26(16-22)97-30(53)28(51)35(56,57)37(60,61)39(64,65)41(68,69)43(72,73)45(76,77)49(87,88)89/h1-16H,17-18H2,(H,90,92)(H,91,93). The molecule has 544 valence electrons. The summed E-state index contributed by atoms with van der Waals surface area (Å²) in [7, 11) is 0. The molecule has 2 amide bonds. The van der Waals surface area contributed by atoms with Crippen molar-refractivity contribution in [3.8, 4) is 11.5 Å². The molecule has 0 saturated carbocycles. The molecule has 0 spiro atoms. The monoisotopic (exact) mass is 1490 g/mol. The van der Waals surface area contributed by atoms with Gasteiger partial charge in [-0.2, -0.15) is 176 Å². The molecular weight excluding hydrogens is 1470 g/mol. The van der Waals surface area contributed by atoms with E-state index in [1.54, 1.807) is 0 Å². The molecule has 0 atom stereocenters. The molecule has 0 saturated heterocycles. The first-order valence-corrected chi connectivity index (χ1v) is 23.8. The van der Waals surface area contributed by atoms with Crippen molar-refractivity contribution in [3.63, 3.8) is 0 Å². The zero-order valence-corrected chi connectivity index (χ0v) is 44.7. The van der Waals surface area contributed by atoms with Crippen LogP contribution in [0.25, 0.3) is 0 Å². The molecule has 8 nitrogen and oxygen atoms in total. The number of hydrogen-bond donors (Lipinski definition) is 2. The Morgan fingerprint density at radius 2 is 0.557 bits per heavy atom. The lowest BCUT2D eigenvalue weighted by Crippen LogP contribution is -2.72. The van der Waals surface area contributed by atoms with E-state index in [0.29, 0.717) is 0 Å². The van der Waals surface area contributed by atoms with Crippen molar-refractivity contribution < 1.29 is 204 Å². The van der Waals surface area contributed by atoms with Crippen LogP contribution in [-0.4, -0.2) is 108 Å². The van der Waals surface area contributed by atoms with E-state index >= 15 is 43.9 Å². The van der Waals surface area contributed by atoms with Crippen LogP contribution in [0.4, 0.5) is 197 Å². The average Bonchev–Trinajstić information content (AvgIpc) is 0.708. The lowest BCUT2D eigenvalue weighted by atomic mass is 9.72. The van der Waals surface area contributed by atoms with Gasteiger partial charge in [0.1, 0.15) is 13.2 Å². The first-order chi connectivity index (χ1) is 43.3. The van der Waals surface area contributed by atoms with Crippen molar-refractivity contribution >= 4 is 23.6 Å². The van der Waals surface area contributed by atoms with E-state index in [4.69, 9.17) is 0 Å². The quantitative estimate of drug-likeness (QED) is 0.0536. The average molecular weight is 1490 g/mol. The van der Waals surface area contributed by atoms with Gasteiger partial charge in [-0.05, 0) is 46.5 Å². The topological polar surface area (TPSA) is 95.1 Å². The minimum Gasteiger partial charge on any atom is -0.444 e. The van der Waals surface area contributed by atoms with Crippen LogP contribution >= 0.6 is 0 Å². The summed E-state index contributed by atoms with van der Waals surface area (Å²) in [6, 6.07) is -3.62. The van der Waals surface area contributed by atoms with Gasteiger partial charge in [-0.1, -0.05) is 72.8 Å². The number of hydrogen-bond acceptors (Lipinski definition) is 6. The number of halogens is 40. The van der Waals surface area contributed by atoms with Gasteiger partial charge in [-0.25, -0.2) is 9.59 Å². The Morgan fingerprint density at radius 1 is 0.309 bits per heavy atom. The van der Waals surface area contributed by atoms with Gasteiger partial charge in [0.05, 0.1) is 11.4 Å². The molecular formula is C49H22F40N2O6. The molecule has 0 aliphatic carbocycles. The van der Waals surface area contributed by atoms with Crippen LogP contribution in [0, 0.1) is 0 Å². The van der Waals surface area contributed by atoms with Crippen molar-refractivity contribution in [2.75, 3.05) is 10.6 Å². The van der Waals surface area contributed by atoms with E-state index in [1.165, 1.54) is 12.1 Å². The van der Waals surface area contributed by atoms with Gasteiger partial charge < -0.3 is 18.9 Å². The fraction of sp³-hybridized carbons (Fsp3) is 0.388. The second-order valence-electron chi connectivity index (χ2n) is 18.8. The van der Waals surface area contributed by atoms with E-state index in [0.717, 1.165) is 59.2 Å². The molecule has 0 heterocycles. The number of benzene rings is 4. The van der Waals surface area contributed by atoms with Crippen molar-refractivity contribution in [3.05, 3.63) is 143 Å². The maximum atomic E-state index is 15.6. The van der Waals surface area contributed by atoms with Gasteiger partial charge in [0.2, 0.25) is 17.1 Å². The summed E-state index contributed by atoms with van der Waals surface area (Å²) < 4.78 is 589. The van der Waals surface area contributed by atoms with Crippen molar-refractivity contribution in [2.45, 2.75) is 114 Å². The zero-order valence-electron chi connectivity index (χ0n) is 44.7. The molecule has 0 fully saturated rings. The highest BCUT2D eigenvalue weighted by Crippen LogP contribution is 2.66. The normalized spacial score (nSPS) is 15.1. The molecule has 4 rings (SSSR count). The predicted octanol–water partition coefficient (Wildman–Crippen LogP) is 20.3. The minimum atomic E-state index is -9.28. The van der Waals surface area contributed by atoms with E-state index in [2.05, 4.69) is 18.9 Å². The zero-order chi connectivity index (χ0) is 75.6. The molecule has 0 aliphatic rings. The Kier molecular flexibility index (Phi) is 21.6. The summed E-state index contributed by atoms with van der Waals surface area (Å²) in [6.45, 7) is -2.17. The maximum Gasteiger partial charge on any atom is 0.460 e. The van der Waals surface area contributed by atoms with Crippen LogP contribution in [0.1, 0.15) is 22.3 Å². The summed E-state index contributed by atoms with van der Waals surface area (Å²) in [5.41, 5.74) is -17.3. The van der Waals surface area contributed by atoms with Crippen LogP contribution in [0.5, 0.6) is 11.5 Å². The van der Waals surface area contributed by atoms with Crippen molar-refractivity contribution in [1.29, 1.82) is 0 Å². The van der Waals surface area contributed by atoms with Crippen LogP contribution in [-0.2, 0) is 28.1 Å². The van der Waals surface area contributed by atoms with E-state index in [-0.39, 0.29) is 11.1 Å². The number of rotatable bonds is 24. The Labute approximate surface area is 507 Å². The number of nitrogens with one attached hydrogen (secondary N) is 2. The minimum absolute atomic E-state index is 0.143. The molecule has 0 radical (unpaired) electrons. The largest absolute Gasteiger partial charge is 0.460 e. The predicted molar refractivity (Wildman–Crippen MR) is 237 cm³/mol. The second-order valence-corrected chi connectivity index (χ2v) is 18.8. The molecule has 2 N–H and O–H groups in total. The fourth-order valence-electron chi connectivity index (χ4n) is 7.35. The Hall–Kier alpha value is -8.30. The van der Waals surface area contributed by atoms with Gasteiger partial charge in [-0.3, -0.25) is 10.6 Å². The van der Waals surface area contributed by atoms with Crippen molar-refractivity contribution in [1.82, 2.24) is 0 Å². The molecule has 4 aromatic rings. The van der Waals surface area contributed by atoms with Gasteiger partial charge in [0.25, 0.3) is 0 Å². The van der Waals surface area contributed by atoms with Crippen LogP contribution < -0.4 is 20.1 Å². The molecule has 48 heteroatoms. The summed E-state index contributed by atoms with van der Waals surface area (Å²) in [5, 5.41) is 2.18. The number of ether oxygens (including phenoxy) is 4. The molecule has 97 heavy (non-hydrogen) atoms. The number of amides is 2. The van der Waals surface area contributed by atoms with Gasteiger partial charge in [0, 0.05) is 0 Å². The van der Waals surface area contributed by atoms with Crippen LogP contribution in [0.2, 0.25) is 0 Å². The summed E-state index contributed by atoms with van der Waals surface area (Å²) in [5.74, 6) is -124. The Bertz CT molecular complexity index is 3330. The third-order valence-corrected chi connectivity index (χ3v) is 12.5. The maximum absolute atomic E-state index is 15.6. The highest BCUT2D eigenvalue weighted by atomic mass is 19.5. The van der Waals surface area contributed by atoms with Gasteiger partial charge >= 0.3 is 120 Å². The first kappa shape index (κ1) is 81.1. The first-order valence-electron chi connectivity index (χ1n) is 23.8. The lowest BCUT2D eigenvalue weighted by Gasteiger charge is -2.41. The SMILES string of the molecule is O=C(Nc1ccc(C(c2ccc(NC(=O)OCc3ccccc3)c(OC(F)=C(F)C(F)(F)C(F)(F)C(F)(F)C(F)(F)C(F)(F)C(F)(F)C(F)(F)F)c2)(C(F)(F)F)C(F)(F)F)cc1OC(F)=C(F)C(F)(F)C(F)(F)C(F)(F)C(F)(F)C(F)(F)C(F)(F)C(F)(F)F)OCc1ccccc1. The molecule has 0 aliphatic heterocycles. The molecule has 4 aromatic carbocycles. The third-order valence-electron chi connectivity index (χ3n) is 12.5. The van der Waals surface area contributed by atoms with Gasteiger partial charge in [-0.15, -0.1) is 0 Å². The summed E-state index contributed by atoms with van der Waals surface area (Å²) in [6.07, 6.45) is -36.2. The number of allylic oxidation sites excluding steroid dienone is 2. The summed E-state index contributed by atoms with van der Waals surface area (Å²) >= 11 is 0. The number of alkyl halides is 36. The van der Waals surface area contributed by atoms with Gasteiger partial charge in [0.15, 0.2) is 11.5 Å². The van der Waals surface area contributed by atoms with E-state index < -0.39 is 221 Å². The summed E-state index contributed by atoms with van der Waals surface area (Å²) in [4.78, 5) is 25.5. The smallest absolute Gasteiger partial charge is 0.444 e. The highest BCUT2D eigenvalue weighted by Gasteiger charge is 2.96. The molecule has 0 bridgehead atoms. The van der Waals surface area contributed by atoms with E-state index in [1.807, 2.05) is 0 Å². The van der Waals surface area contributed by atoms with Crippen LogP contribution in [0.15, 0.2) is 121 Å². The lowest BCUT2D eigenvalue weighted by molar-refractivity contribution is -0.451. The highest BCUT2D eigenvalue weighted by molar-refractivity contribution is 5.88. The van der Waals surface area contributed by atoms with E-state index in [9.17, 15) is 141 Å². The molecule has 0 unspecified atom stereocenters. The second kappa shape index (κ2) is 25.8.